The molecule has 2 aliphatic rings. The van der Waals surface area contributed by atoms with Gasteiger partial charge < -0.3 is 5.32 Å². The zero-order chi connectivity index (χ0) is 21.4. The molecular weight excluding hydrogens is 430 g/mol. The summed E-state index contributed by atoms with van der Waals surface area (Å²) in [6.07, 6.45) is 3.54. The van der Waals surface area contributed by atoms with Gasteiger partial charge in [-0.15, -0.1) is 22.7 Å². The van der Waals surface area contributed by atoms with Gasteiger partial charge in [0.25, 0.3) is 11.8 Å². The highest BCUT2D eigenvalue weighted by Crippen LogP contribution is 2.35. The molecule has 1 aliphatic carbocycles. The average molecular weight is 452 g/mol. The van der Waals surface area contributed by atoms with Crippen LogP contribution in [0.25, 0.3) is 10.6 Å². The number of thiophene rings is 1. The van der Waals surface area contributed by atoms with Crippen LogP contribution in [0.3, 0.4) is 0 Å². The van der Waals surface area contributed by atoms with Gasteiger partial charge in [0.1, 0.15) is 0 Å². The standard InChI is InChI=1S/C23H21N3O3S2/c27-20(25-23-24-18(13-31-23)19-10-5-11-30-19)15-7-2-1-6-14(15)12-26-21(28)16-8-3-4-9-17(16)22(26)29/h3-5,8-11,13-15H,1-2,6-7,12H2,(H,24,25,27). The molecule has 2 atom stereocenters. The van der Waals surface area contributed by atoms with Crippen molar-refractivity contribution in [3.63, 3.8) is 0 Å². The van der Waals surface area contributed by atoms with Crippen molar-refractivity contribution in [3.8, 4) is 10.6 Å². The second-order valence-corrected chi connectivity index (χ2v) is 9.73. The summed E-state index contributed by atoms with van der Waals surface area (Å²) in [5, 5.41) is 7.50. The number of amides is 3. The van der Waals surface area contributed by atoms with Crippen LogP contribution in [0.2, 0.25) is 0 Å². The highest BCUT2D eigenvalue weighted by atomic mass is 32.1. The lowest BCUT2D eigenvalue weighted by molar-refractivity contribution is -0.122. The smallest absolute Gasteiger partial charge is 0.261 e. The van der Waals surface area contributed by atoms with Crippen molar-refractivity contribution < 1.29 is 14.4 Å². The lowest BCUT2D eigenvalue weighted by atomic mass is 9.78. The van der Waals surface area contributed by atoms with E-state index in [0.29, 0.717) is 16.3 Å². The molecule has 5 rings (SSSR count). The van der Waals surface area contributed by atoms with Crippen molar-refractivity contribution in [2.45, 2.75) is 25.7 Å². The summed E-state index contributed by atoms with van der Waals surface area (Å²) in [6, 6.07) is 10.9. The summed E-state index contributed by atoms with van der Waals surface area (Å²) >= 11 is 3.02. The largest absolute Gasteiger partial charge is 0.302 e. The van der Waals surface area contributed by atoms with Gasteiger partial charge in [-0.2, -0.15) is 0 Å². The van der Waals surface area contributed by atoms with Crippen molar-refractivity contribution in [2.24, 2.45) is 11.8 Å². The van der Waals surface area contributed by atoms with Gasteiger partial charge in [0.2, 0.25) is 5.91 Å². The van der Waals surface area contributed by atoms with E-state index in [0.717, 1.165) is 36.3 Å². The van der Waals surface area contributed by atoms with Crippen LogP contribution in [0.15, 0.2) is 47.2 Å². The van der Waals surface area contributed by atoms with Crippen molar-refractivity contribution in [1.82, 2.24) is 9.88 Å². The third-order valence-corrected chi connectivity index (χ3v) is 7.70. The molecule has 1 fully saturated rings. The summed E-state index contributed by atoms with van der Waals surface area (Å²) in [5.74, 6) is -0.884. The minimum absolute atomic E-state index is 0.0484. The predicted molar refractivity (Wildman–Crippen MR) is 121 cm³/mol. The average Bonchev–Trinajstić information content (AvgIpc) is 3.52. The Labute approximate surface area is 187 Å². The molecule has 3 heterocycles. The SMILES string of the molecule is O=C(Nc1nc(-c2cccs2)cs1)C1CCCCC1CN1C(=O)c2ccccc2C1=O. The number of rotatable bonds is 5. The minimum atomic E-state index is -0.258. The van der Waals surface area contributed by atoms with E-state index in [2.05, 4.69) is 10.3 Å². The van der Waals surface area contributed by atoms with Crippen LogP contribution in [0.1, 0.15) is 46.4 Å². The lowest BCUT2D eigenvalue weighted by Gasteiger charge is -2.32. The Balaban J connectivity index is 1.29. The molecule has 8 heteroatoms. The van der Waals surface area contributed by atoms with Crippen LogP contribution in [0.5, 0.6) is 0 Å². The molecule has 3 aromatic rings. The molecule has 0 bridgehead atoms. The molecule has 3 amide bonds. The Morgan fingerprint density at radius 2 is 1.77 bits per heavy atom. The van der Waals surface area contributed by atoms with Crippen LogP contribution in [0, 0.1) is 11.8 Å². The highest BCUT2D eigenvalue weighted by molar-refractivity contribution is 7.16. The van der Waals surface area contributed by atoms with Gasteiger partial charge in [-0.1, -0.05) is 31.0 Å². The van der Waals surface area contributed by atoms with Crippen LogP contribution in [-0.4, -0.2) is 34.2 Å². The van der Waals surface area contributed by atoms with Gasteiger partial charge in [0, 0.05) is 17.8 Å². The zero-order valence-electron chi connectivity index (χ0n) is 16.7. The van der Waals surface area contributed by atoms with Gasteiger partial charge in [0.15, 0.2) is 5.13 Å². The van der Waals surface area contributed by atoms with E-state index in [9.17, 15) is 14.4 Å². The summed E-state index contributed by atoms with van der Waals surface area (Å²) in [7, 11) is 0. The maximum absolute atomic E-state index is 13.1. The van der Waals surface area contributed by atoms with E-state index in [-0.39, 0.29) is 36.1 Å². The monoisotopic (exact) mass is 451 g/mol. The van der Waals surface area contributed by atoms with E-state index in [1.165, 1.54) is 16.2 Å². The maximum atomic E-state index is 13.1. The van der Waals surface area contributed by atoms with Crippen LogP contribution in [0.4, 0.5) is 5.13 Å². The maximum Gasteiger partial charge on any atom is 0.261 e. The molecule has 0 saturated heterocycles. The van der Waals surface area contributed by atoms with Gasteiger partial charge in [0.05, 0.1) is 21.7 Å². The lowest BCUT2D eigenvalue weighted by Crippen LogP contribution is -2.41. The molecule has 1 saturated carbocycles. The quantitative estimate of drug-likeness (QED) is 0.559. The Morgan fingerprint density at radius 1 is 1.03 bits per heavy atom. The summed E-state index contributed by atoms with van der Waals surface area (Å²) in [4.78, 5) is 45.6. The molecule has 1 aliphatic heterocycles. The van der Waals surface area contributed by atoms with E-state index in [1.807, 2.05) is 22.9 Å². The molecule has 1 aromatic carbocycles. The van der Waals surface area contributed by atoms with Crippen LogP contribution < -0.4 is 5.32 Å². The third-order valence-electron chi connectivity index (χ3n) is 6.05. The van der Waals surface area contributed by atoms with Crippen LogP contribution in [-0.2, 0) is 4.79 Å². The number of anilines is 1. The molecule has 6 nitrogen and oxygen atoms in total. The van der Waals surface area contributed by atoms with Gasteiger partial charge in [-0.3, -0.25) is 19.3 Å². The first kappa shape index (κ1) is 20.1. The zero-order valence-corrected chi connectivity index (χ0v) is 18.4. The normalized spacial score (nSPS) is 20.7. The van der Waals surface area contributed by atoms with Crippen molar-refractivity contribution in [1.29, 1.82) is 0 Å². The van der Waals surface area contributed by atoms with Crippen molar-refractivity contribution in [3.05, 3.63) is 58.3 Å². The third kappa shape index (κ3) is 3.81. The molecule has 2 unspecified atom stereocenters. The number of hydrogen-bond acceptors (Lipinski definition) is 6. The number of fused-ring (bicyclic) bond motifs is 1. The predicted octanol–water partition coefficient (Wildman–Crippen LogP) is 4.91. The van der Waals surface area contributed by atoms with Crippen LogP contribution >= 0.6 is 22.7 Å². The summed E-state index contributed by atoms with van der Waals surface area (Å²) in [5.41, 5.74) is 1.77. The molecular formula is C23H21N3O3S2. The molecule has 0 radical (unpaired) electrons. The van der Waals surface area contributed by atoms with E-state index in [1.54, 1.807) is 35.6 Å². The summed E-state index contributed by atoms with van der Waals surface area (Å²) in [6.45, 7) is 0.281. The Bertz CT molecular complexity index is 1100. The number of aromatic nitrogens is 1. The molecule has 2 aromatic heterocycles. The molecule has 158 valence electrons. The molecule has 0 spiro atoms. The Morgan fingerprint density at radius 3 is 2.48 bits per heavy atom. The fourth-order valence-electron chi connectivity index (χ4n) is 4.48. The summed E-state index contributed by atoms with van der Waals surface area (Å²) < 4.78 is 0. The van der Waals surface area contributed by atoms with Crippen molar-refractivity contribution in [2.75, 3.05) is 11.9 Å². The van der Waals surface area contributed by atoms with Gasteiger partial charge in [-0.25, -0.2) is 4.98 Å². The Hall–Kier alpha value is -2.84. The Kier molecular flexibility index (Phi) is 5.41. The topological polar surface area (TPSA) is 79.4 Å². The number of imide groups is 1. The van der Waals surface area contributed by atoms with E-state index < -0.39 is 0 Å². The number of carbonyl (C=O) groups is 3. The fourth-order valence-corrected chi connectivity index (χ4v) is 5.95. The molecule has 1 N–H and O–H groups in total. The number of thiazole rings is 1. The number of carbonyl (C=O) groups excluding carboxylic acids is 3. The second kappa shape index (κ2) is 8.36. The molecule has 31 heavy (non-hydrogen) atoms. The number of benzene rings is 1. The number of nitrogens with one attached hydrogen (secondary N) is 1. The number of hydrogen-bond donors (Lipinski definition) is 1. The first-order valence-electron chi connectivity index (χ1n) is 10.4. The highest BCUT2D eigenvalue weighted by Gasteiger charge is 2.40. The minimum Gasteiger partial charge on any atom is -0.302 e. The first-order chi connectivity index (χ1) is 15.1. The van der Waals surface area contributed by atoms with Gasteiger partial charge >= 0.3 is 0 Å². The fraction of sp³-hybridized carbons (Fsp3) is 0.304. The van der Waals surface area contributed by atoms with E-state index in [4.69, 9.17) is 0 Å². The number of nitrogens with zero attached hydrogens (tertiary/aromatic N) is 2. The van der Waals surface area contributed by atoms with Crippen molar-refractivity contribution >= 4 is 45.5 Å². The van der Waals surface area contributed by atoms with E-state index >= 15 is 0 Å². The second-order valence-electron chi connectivity index (χ2n) is 7.92. The first-order valence-corrected chi connectivity index (χ1v) is 12.1. The van der Waals surface area contributed by atoms with Gasteiger partial charge in [-0.05, 0) is 42.3 Å².